The molecule has 0 unspecified atom stereocenters. The largest absolute Gasteiger partial charge is 0.399 e. The SMILES string of the molecule is CCC(C)(C)C(=O)Nc1ccc(N)cc1C. The van der Waals surface area contributed by atoms with Crippen LogP contribution in [-0.2, 0) is 4.79 Å². The molecule has 0 bridgehead atoms. The quantitative estimate of drug-likeness (QED) is 0.769. The van der Waals surface area contributed by atoms with Crippen molar-refractivity contribution in [1.82, 2.24) is 0 Å². The maximum Gasteiger partial charge on any atom is 0.230 e. The van der Waals surface area contributed by atoms with Gasteiger partial charge >= 0.3 is 0 Å². The summed E-state index contributed by atoms with van der Waals surface area (Å²) in [5.74, 6) is 0.0443. The van der Waals surface area contributed by atoms with Crippen molar-refractivity contribution in [3.63, 3.8) is 0 Å². The number of hydrogen-bond donors (Lipinski definition) is 2. The molecule has 1 amide bonds. The van der Waals surface area contributed by atoms with Crippen LogP contribution in [0.2, 0.25) is 0 Å². The molecular formula is C13H20N2O. The van der Waals surface area contributed by atoms with Gasteiger partial charge in [-0.15, -0.1) is 0 Å². The Hall–Kier alpha value is -1.51. The van der Waals surface area contributed by atoms with Crippen molar-refractivity contribution >= 4 is 17.3 Å². The van der Waals surface area contributed by atoms with Crippen molar-refractivity contribution in [1.29, 1.82) is 0 Å². The second-order valence-electron chi connectivity index (χ2n) is 4.77. The van der Waals surface area contributed by atoms with Gasteiger partial charge in [-0.2, -0.15) is 0 Å². The van der Waals surface area contributed by atoms with Crippen molar-refractivity contribution < 1.29 is 4.79 Å². The molecule has 0 saturated carbocycles. The summed E-state index contributed by atoms with van der Waals surface area (Å²) >= 11 is 0. The predicted molar refractivity (Wildman–Crippen MR) is 68.3 cm³/mol. The number of aryl methyl sites for hydroxylation is 1. The van der Waals surface area contributed by atoms with Gasteiger partial charge in [0.1, 0.15) is 0 Å². The van der Waals surface area contributed by atoms with E-state index in [9.17, 15) is 4.79 Å². The van der Waals surface area contributed by atoms with E-state index < -0.39 is 0 Å². The molecular weight excluding hydrogens is 200 g/mol. The lowest BCUT2D eigenvalue weighted by molar-refractivity contribution is -0.124. The minimum atomic E-state index is -0.339. The van der Waals surface area contributed by atoms with Gasteiger partial charge in [0, 0.05) is 16.8 Å². The standard InChI is InChI=1S/C13H20N2O/c1-5-13(3,4)12(16)15-11-7-6-10(14)8-9(11)2/h6-8H,5,14H2,1-4H3,(H,15,16). The molecule has 1 rings (SSSR count). The second-order valence-corrected chi connectivity index (χ2v) is 4.77. The maximum atomic E-state index is 12.0. The zero-order valence-corrected chi connectivity index (χ0v) is 10.4. The van der Waals surface area contributed by atoms with Crippen LogP contribution in [-0.4, -0.2) is 5.91 Å². The van der Waals surface area contributed by atoms with Crippen LogP contribution in [0.15, 0.2) is 18.2 Å². The number of hydrogen-bond acceptors (Lipinski definition) is 2. The van der Waals surface area contributed by atoms with Gasteiger partial charge in [-0.25, -0.2) is 0 Å². The zero-order chi connectivity index (χ0) is 12.3. The molecule has 0 aliphatic carbocycles. The number of carbonyl (C=O) groups is 1. The summed E-state index contributed by atoms with van der Waals surface area (Å²) in [6.07, 6.45) is 0.812. The fraction of sp³-hybridized carbons (Fsp3) is 0.462. The normalized spacial score (nSPS) is 11.2. The molecule has 3 N–H and O–H groups in total. The third kappa shape index (κ3) is 2.75. The molecule has 3 heteroatoms. The van der Waals surface area contributed by atoms with E-state index in [0.29, 0.717) is 5.69 Å². The molecule has 0 spiro atoms. The smallest absolute Gasteiger partial charge is 0.230 e. The van der Waals surface area contributed by atoms with E-state index in [1.165, 1.54) is 0 Å². The zero-order valence-electron chi connectivity index (χ0n) is 10.4. The number of carbonyl (C=O) groups excluding carboxylic acids is 1. The van der Waals surface area contributed by atoms with Gasteiger partial charge in [0.25, 0.3) is 0 Å². The van der Waals surface area contributed by atoms with E-state index in [1.807, 2.05) is 39.8 Å². The van der Waals surface area contributed by atoms with E-state index in [1.54, 1.807) is 6.07 Å². The van der Waals surface area contributed by atoms with Gasteiger partial charge in [0.15, 0.2) is 0 Å². The lowest BCUT2D eigenvalue weighted by Gasteiger charge is -2.22. The van der Waals surface area contributed by atoms with Crippen LogP contribution in [0.3, 0.4) is 0 Å². The molecule has 0 saturated heterocycles. The fourth-order valence-corrected chi connectivity index (χ4v) is 1.28. The average Bonchev–Trinajstić information content (AvgIpc) is 2.22. The number of nitrogens with one attached hydrogen (secondary N) is 1. The van der Waals surface area contributed by atoms with E-state index >= 15 is 0 Å². The van der Waals surface area contributed by atoms with Crippen LogP contribution >= 0.6 is 0 Å². The second kappa shape index (κ2) is 4.56. The molecule has 0 radical (unpaired) electrons. The Kier molecular flexibility index (Phi) is 3.58. The van der Waals surface area contributed by atoms with Crippen molar-refractivity contribution in [2.75, 3.05) is 11.1 Å². The highest BCUT2D eigenvalue weighted by atomic mass is 16.2. The van der Waals surface area contributed by atoms with Crippen molar-refractivity contribution in [2.24, 2.45) is 5.41 Å². The van der Waals surface area contributed by atoms with Crippen molar-refractivity contribution in [2.45, 2.75) is 34.1 Å². The Morgan fingerprint density at radius 2 is 2.06 bits per heavy atom. The Bertz CT molecular complexity index is 397. The van der Waals surface area contributed by atoms with E-state index in [0.717, 1.165) is 17.7 Å². The van der Waals surface area contributed by atoms with Crippen LogP contribution in [0.1, 0.15) is 32.8 Å². The number of nitrogens with two attached hydrogens (primary N) is 1. The molecule has 0 aliphatic heterocycles. The van der Waals surface area contributed by atoms with Gasteiger partial charge in [0.05, 0.1) is 0 Å². The first-order valence-corrected chi connectivity index (χ1v) is 5.54. The Morgan fingerprint density at radius 1 is 1.44 bits per heavy atom. The molecule has 1 aromatic rings. The molecule has 0 fully saturated rings. The van der Waals surface area contributed by atoms with E-state index in [-0.39, 0.29) is 11.3 Å². The molecule has 1 aromatic carbocycles. The first-order valence-electron chi connectivity index (χ1n) is 5.54. The molecule has 88 valence electrons. The monoisotopic (exact) mass is 220 g/mol. The molecule has 16 heavy (non-hydrogen) atoms. The van der Waals surface area contributed by atoms with Crippen LogP contribution in [0, 0.1) is 12.3 Å². The third-order valence-electron chi connectivity index (χ3n) is 3.00. The van der Waals surface area contributed by atoms with Crippen LogP contribution in [0.4, 0.5) is 11.4 Å². The lowest BCUT2D eigenvalue weighted by atomic mass is 9.89. The van der Waals surface area contributed by atoms with Crippen LogP contribution in [0.5, 0.6) is 0 Å². The minimum absolute atomic E-state index is 0.0443. The summed E-state index contributed by atoms with van der Waals surface area (Å²) in [5, 5.41) is 2.93. The molecule has 0 aliphatic rings. The highest BCUT2D eigenvalue weighted by Gasteiger charge is 2.25. The maximum absolute atomic E-state index is 12.0. The van der Waals surface area contributed by atoms with E-state index in [4.69, 9.17) is 5.73 Å². The van der Waals surface area contributed by atoms with Crippen molar-refractivity contribution in [3.8, 4) is 0 Å². The Morgan fingerprint density at radius 3 is 2.56 bits per heavy atom. The Balaban J connectivity index is 2.85. The van der Waals surface area contributed by atoms with Crippen LogP contribution < -0.4 is 11.1 Å². The Labute approximate surface area is 97.0 Å². The van der Waals surface area contributed by atoms with Crippen molar-refractivity contribution in [3.05, 3.63) is 23.8 Å². The predicted octanol–water partition coefficient (Wildman–Crippen LogP) is 2.95. The number of benzene rings is 1. The summed E-state index contributed by atoms with van der Waals surface area (Å²) in [6, 6.07) is 5.49. The van der Waals surface area contributed by atoms with Crippen LogP contribution in [0.25, 0.3) is 0 Å². The van der Waals surface area contributed by atoms with Gasteiger partial charge in [-0.3, -0.25) is 4.79 Å². The third-order valence-corrected chi connectivity index (χ3v) is 3.00. The number of nitrogen functional groups attached to an aromatic ring is 1. The summed E-state index contributed by atoms with van der Waals surface area (Å²) in [7, 11) is 0. The summed E-state index contributed by atoms with van der Waals surface area (Å²) < 4.78 is 0. The first kappa shape index (κ1) is 12.6. The van der Waals surface area contributed by atoms with Gasteiger partial charge in [-0.1, -0.05) is 20.8 Å². The fourth-order valence-electron chi connectivity index (χ4n) is 1.28. The lowest BCUT2D eigenvalue weighted by Crippen LogP contribution is -2.30. The summed E-state index contributed by atoms with van der Waals surface area (Å²) in [4.78, 5) is 12.0. The molecule has 0 aromatic heterocycles. The summed E-state index contributed by atoms with van der Waals surface area (Å²) in [5.41, 5.74) is 7.85. The molecule has 3 nitrogen and oxygen atoms in total. The minimum Gasteiger partial charge on any atom is -0.399 e. The summed E-state index contributed by atoms with van der Waals surface area (Å²) in [6.45, 7) is 7.82. The van der Waals surface area contributed by atoms with Gasteiger partial charge in [0.2, 0.25) is 5.91 Å². The highest BCUT2D eigenvalue weighted by Crippen LogP contribution is 2.24. The van der Waals surface area contributed by atoms with Gasteiger partial charge in [-0.05, 0) is 37.1 Å². The molecule has 0 heterocycles. The first-order chi connectivity index (χ1) is 7.36. The highest BCUT2D eigenvalue weighted by molar-refractivity contribution is 5.95. The van der Waals surface area contributed by atoms with Gasteiger partial charge < -0.3 is 11.1 Å². The number of rotatable bonds is 3. The average molecular weight is 220 g/mol. The number of amides is 1. The van der Waals surface area contributed by atoms with E-state index in [2.05, 4.69) is 5.32 Å². The topological polar surface area (TPSA) is 55.1 Å². The molecule has 0 atom stereocenters. The number of anilines is 2.